The lowest BCUT2D eigenvalue weighted by Crippen LogP contribution is -2.13. The van der Waals surface area contributed by atoms with Crippen LogP contribution in [0.5, 0.6) is 11.5 Å². The van der Waals surface area contributed by atoms with Crippen LogP contribution in [0.15, 0.2) is 48.5 Å². The third kappa shape index (κ3) is 8.26. The van der Waals surface area contributed by atoms with Crippen LogP contribution in [0, 0.1) is 0 Å². The number of ketones is 1. The highest BCUT2D eigenvalue weighted by Crippen LogP contribution is 2.29. The zero-order chi connectivity index (χ0) is 23.3. The summed E-state index contributed by atoms with van der Waals surface area (Å²) in [5, 5.41) is 2.62. The third-order valence-electron chi connectivity index (χ3n) is 4.31. The molecule has 0 radical (unpaired) electrons. The highest BCUT2D eigenvalue weighted by molar-refractivity contribution is 5.99. The van der Waals surface area contributed by atoms with E-state index in [1.807, 2.05) is 13.0 Å². The Bertz CT molecular complexity index is 949. The fourth-order valence-electron chi connectivity index (χ4n) is 2.72. The fraction of sp³-hybridized carbons (Fsp3) is 0.320. The van der Waals surface area contributed by atoms with Crippen LogP contribution in [0.3, 0.4) is 0 Å². The summed E-state index contributed by atoms with van der Waals surface area (Å²) < 4.78 is 16.4. The van der Waals surface area contributed by atoms with Crippen molar-refractivity contribution in [3.8, 4) is 11.5 Å². The number of amides is 1. The molecule has 1 N–H and O–H groups in total. The van der Waals surface area contributed by atoms with Crippen molar-refractivity contribution >= 4 is 29.4 Å². The summed E-state index contributed by atoms with van der Waals surface area (Å²) in [6.45, 7) is 6.11. The third-order valence-corrected chi connectivity index (χ3v) is 4.31. The SMILES string of the molecule is CCCCOc1ccc(/C=C/C(=O)OCC(=O)c2ccc(NC(C)=O)cc2)cc1OCC. The molecule has 2 rings (SSSR count). The van der Waals surface area contributed by atoms with Gasteiger partial charge in [-0.15, -0.1) is 0 Å². The average Bonchev–Trinajstić information content (AvgIpc) is 2.77. The van der Waals surface area contributed by atoms with Gasteiger partial charge in [-0.05, 0) is 61.4 Å². The van der Waals surface area contributed by atoms with E-state index in [0.29, 0.717) is 36.0 Å². The smallest absolute Gasteiger partial charge is 0.331 e. The Labute approximate surface area is 188 Å². The van der Waals surface area contributed by atoms with Crippen LogP contribution in [0.25, 0.3) is 6.08 Å². The summed E-state index contributed by atoms with van der Waals surface area (Å²) >= 11 is 0. The Morgan fingerprint density at radius 2 is 1.72 bits per heavy atom. The monoisotopic (exact) mass is 439 g/mol. The molecule has 0 atom stereocenters. The summed E-state index contributed by atoms with van der Waals surface area (Å²) in [5.41, 5.74) is 1.71. The van der Waals surface area contributed by atoms with Crippen LogP contribution >= 0.6 is 0 Å². The first-order valence-corrected chi connectivity index (χ1v) is 10.6. The predicted molar refractivity (Wildman–Crippen MR) is 123 cm³/mol. The highest BCUT2D eigenvalue weighted by atomic mass is 16.5. The molecule has 0 saturated heterocycles. The molecule has 0 bridgehead atoms. The maximum absolute atomic E-state index is 12.2. The standard InChI is InChI=1S/C25H29NO6/c1-4-6-15-31-23-13-7-19(16-24(23)30-5-2)8-14-25(29)32-17-22(28)20-9-11-21(12-10-20)26-18(3)27/h7-14,16H,4-6,15,17H2,1-3H3,(H,26,27)/b14-8+. The minimum Gasteiger partial charge on any atom is -0.490 e. The van der Waals surface area contributed by atoms with Crippen molar-refractivity contribution in [2.24, 2.45) is 0 Å². The normalized spacial score (nSPS) is 10.6. The molecule has 0 heterocycles. The van der Waals surface area contributed by atoms with E-state index in [0.717, 1.165) is 18.4 Å². The van der Waals surface area contributed by atoms with E-state index >= 15 is 0 Å². The van der Waals surface area contributed by atoms with Crippen LogP contribution < -0.4 is 14.8 Å². The van der Waals surface area contributed by atoms with Crippen molar-refractivity contribution in [2.45, 2.75) is 33.6 Å². The van der Waals surface area contributed by atoms with E-state index < -0.39 is 5.97 Å². The molecule has 32 heavy (non-hydrogen) atoms. The van der Waals surface area contributed by atoms with E-state index in [1.54, 1.807) is 42.5 Å². The molecule has 170 valence electrons. The number of anilines is 1. The van der Waals surface area contributed by atoms with Gasteiger partial charge in [0.25, 0.3) is 0 Å². The largest absolute Gasteiger partial charge is 0.490 e. The Balaban J connectivity index is 1.91. The van der Waals surface area contributed by atoms with Gasteiger partial charge >= 0.3 is 5.97 Å². The minimum atomic E-state index is -0.630. The molecule has 0 spiro atoms. The van der Waals surface area contributed by atoms with Crippen molar-refractivity contribution in [3.05, 3.63) is 59.7 Å². The molecule has 0 fully saturated rings. The Kier molecular flexibility index (Phi) is 9.97. The molecule has 0 aliphatic heterocycles. The lowest BCUT2D eigenvalue weighted by atomic mass is 10.1. The van der Waals surface area contributed by atoms with E-state index in [9.17, 15) is 14.4 Å². The Morgan fingerprint density at radius 3 is 2.38 bits per heavy atom. The van der Waals surface area contributed by atoms with Gasteiger partial charge in [0, 0.05) is 24.3 Å². The average molecular weight is 440 g/mol. The van der Waals surface area contributed by atoms with Gasteiger partial charge in [0.05, 0.1) is 13.2 Å². The zero-order valence-electron chi connectivity index (χ0n) is 18.7. The van der Waals surface area contributed by atoms with Gasteiger partial charge in [-0.25, -0.2) is 4.79 Å². The lowest BCUT2D eigenvalue weighted by molar-refractivity contribution is -0.136. The number of Topliss-reactive ketones (excluding diaryl/α,β-unsaturated/α-hetero) is 1. The number of nitrogens with one attached hydrogen (secondary N) is 1. The molecule has 0 aliphatic rings. The number of ether oxygens (including phenoxy) is 3. The van der Waals surface area contributed by atoms with Crippen LogP contribution in [0.4, 0.5) is 5.69 Å². The molecule has 2 aromatic carbocycles. The lowest BCUT2D eigenvalue weighted by Gasteiger charge is -2.12. The number of hydrogen-bond acceptors (Lipinski definition) is 6. The maximum Gasteiger partial charge on any atom is 0.331 e. The topological polar surface area (TPSA) is 90.9 Å². The van der Waals surface area contributed by atoms with Gasteiger partial charge in [-0.1, -0.05) is 19.4 Å². The second kappa shape index (κ2) is 12.9. The van der Waals surface area contributed by atoms with E-state index in [2.05, 4.69) is 12.2 Å². The van der Waals surface area contributed by atoms with Crippen molar-refractivity contribution in [2.75, 3.05) is 25.1 Å². The quantitative estimate of drug-likeness (QED) is 0.224. The van der Waals surface area contributed by atoms with Crippen molar-refractivity contribution in [3.63, 3.8) is 0 Å². The predicted octanol–water partition coefficient (Wildman–Crippen LogP) is 4.66. The minimum absolute atomic E-state index is 0.197. The summed E-state index contributed by atoms with van der Waals surface area (Å²) in [4.78, 5) is 35.3. The number of carbonyl (C=O) groups excluding carboxylic acids is 3. The molecule has 0 saturated carbocycles. The van der Waals surface area contributed by atoms with Gasteiger partial charge in [-0.2, -0.15) is 0 Å². The van der Waals surface area contributed by atoms with E-state index in [-0.39, 0.29) is 18.3 Å². The van der Waals surface area contributed by atoms with Crippen LogP contribution in [0.1, 0.15) is 49.5 Å². The Morgan fingerprint density at radius 1 is 0.969 bits per heavy atom. The van der Waals surface area contributed by atoms with Crippen molar-refractivity contribution < 1.29 is 28.6 Å². The van der Waals surface area contributed by atoms with E-state index in [4.69, 9.17) is 14.2 Å². The first kappa shape index (κ1) is 24.7. The molecule has 7 heteroatoms. The molecule has 1 amide bonds. The van der Waals surface area contributed by atoms with Crippen LogP contribution in [-0.4, -0.2) is 37.5 Å². The maximum atomic E-state index is 12.2. The highest BCUT2D eigenvalue weighted by Gasteiger charge is 2.10. The number of rotatable bonds is 12. The van der Waals surface area contributed by atoms with Gasteiger partial charge in [0.15, 0.2) is 23.9 Å². The fourth-order valence-corrected chi connectivity index (χ4v) is 2.72. The summed E-state index contributed by atoms with van der Waals surface area (Å²) in [6, 6.07) is 11.8. The first-order chi connectivity index (χ1) is 15.4. The van der Waals surface area contributed by atoms with Gasteiger partial charge in [0.1, 0.15) is 0 Å². The van der Waals surface area contributed by atoms with Crippen molar-refractivity contribution in [1.29, 1.82) is 0 Å². The van der Waals surface area contributed by atoms with E-state index in [1.165, 1.54) is 13.0 Å². The van der Waals surface area contributed by atoms with Gasteiger partial charge < -0.3 is 19.5 Å². The molecule has 0 aliphatic carbocycles. The van der Waals surface area contributed by atoms with Crippen molar-refractivity contribution in [1.82, 2.24) is 0 Å². The second-order valence-electron chi connectivity index (χ2n) is 6.96. The number of hydrogen-bond donors (Lipinski definition) is 1. The summed E-state index contributed by atoms with van der Waals surface area (Å²) in [5.74, 6) is 0.103. The molecule has 2 aromatic rings. The summed E-state index contributed by atoms with van der Waals surface area (Å²) in [7, 11) is 0. The number of benzene rings is 2. The zero-order valence-corrected chi connectivity index (χ0v) is 18.7. The van der Waals surface area contributed by atoms with Crippen LogP contribution in [-0.2, 0) is 14.3 Å². The number of unbranched alkanes of at least 4 members (excludes halogenated alkanes) is 1. The number of carbonyl (C=O) groups is 3. The molecule has 7 nitrogen and oxygen atoms in total. The van der Waals surface area contributed by atoms with Gasteiger partial charge in [-0.3, -0.25) is 9.59 Å². The van der Waals surface area contributed by atoms with Gasteiger partial charge in [0.2, 0.25) is 5.91 Å². The molecular formula is C25H29NO6. The van der Waals surface area contributed by atoms with Crippen LogP contribution in [0.2, 0.25) is 0 Å². The first-order valence-electron chi connectivity index (χ1n) is 10.6. The molecule has 0 aromatic heterocycles. The summed E-state index contributed by atoms with van der Waals surface area (Å²) in [6.07, 6.45) is 4.85. The second-order valence-corrected chi connectivity index (χ2v) is 6.96. The number of esters is 1. The molecule has 0 unspecified atom stereocenters. The Hall–Kier alpha value is -3.61. The molecular weight excluding hydrogens is 410 g/mol.